The van der Waals surface area contributed by atoms with Crippen LogP contribution in [0.15, 0.2) is 6.07 Å². The van der Waals surface area contributed by atoms with Gasteiger partial charge in [0.1, 0.15) is 0 Å². The summed E-state index contributed by atoms with van der Waals surface area (Å²) in [6.45, 7) is 0. The van der Waals surface area contributed by atoms with Gasteiger partial charge in [-0.15, -0.1) is 0 Å². The molecule has 0 saturated carbocycles. The van der Waals surface area contributed by atoms with Crippen molar-refractivity contribution in [1.82, 2.24) is 0 Å². The number of hydrogen-bond donors (Lipinski definition) is 1. The van der Waals surface area contributed by atoms with Crippen LogP contribution in [0.1, 0.15) is 12.0 Å². The van der Waals surface area contributed by atoms with E-state index < -0.39 is 20.6 Å². The molecule has 0 unspecified atom stereocenters. The Kier molecular flexibility index (Phi) is 9.23. The molecule has 1 aromatic carbocycles. The van der Waals surface area contributed by atoms with Crippen LogP contribution >= 0.6 is 67.8 Å². The molecule has 0 bridgehead atoms. The molecule has 1 radical (unpaired) electrons. The Labute approximate surface area is 166 Å². The first kappa shape index (κ1) is 19.0. The molecule has 0 fully saturated rings. The normalized spacial score (nSPS) is 11.7. The molecule has 1 N–H and O–H groups in total. The third-order valence-corrected chi connectivity index (χ3v) is 18.0. The average Bonchev–Trinajstić information content (AvgIpc) is 2.27. The van der Waals surface area contributed by atoms with Gasteiger partial charge in [-0.1, -0.05) is 0 Å². The van der Waals surface area contributed by atoms with E-state index in [1.807, 2.05) is 0 Å². The van der Waals surface area contributed by atoms with Gasteiger partial charge >= 0.3 is 169 Å². The van der Waals surface area contributed by atoms with Crippen LogP contribution in [0, 0.1) is 10.7 Å². The summed E-state index contributed by atoms with van der Waals surface area (Å²) in [5.41, 5.74) is 6.04. The van der Waals surface area contributed by atoms with Gasteiger partial charge in [-0.2, -0.15) is 0 Å². The molecular weight excluding hydrogens is 707 g/mol. The maximum atomic E-state index is 10.8. The van der Waals surface area contributed by atoms with Crippen molar-refractivity contribution in [1.29, 1.82) is 0 Å². The van der Waals surface area contributed by atoms with Crippen molar-refractivity contribution in [3.8, 4) is 0 Å². The Morgan fingerprint density at radius 3 is 2.47 bits per heavy atom. The van der Waals surface area contributed by atoms with Crippen LogP contribution < -0.4 is 4.35 Å². The fourth-order valence-electron chi connectivity index (χ4n) is 1.44. The fraction of sp³-hybridized carbons (Fsp3) is 0.417. The second-order valence-corrected chi connectivity index (χ2v) is 17.5. The topological polar surface area (TPSA) is 37.3 Å². The van der Waals surface area contributed by atoms with Crippen LogP contribution in [0.2, 0.25) is 15.4 Å². The Morgan fingerprint density at radius 1 is 1.32 bits per heavy atom. The zero-order valence-electron chi connectivity index (χ0n) is 10.6. The summed E-state index contributed by atoms with van der Waals surface area (Å²) in [4.78, 5) is 10.8. The van der Waals surface area contributed by atoms with E-state index in [1.54, 1.807) is 0 Å². The molecule has 0 aliphatic carbocycles. The molecule has 19 heavy (non-hydrogen) atoms. The minimum absolute atomic E-state index is 0.224. The van der Waals surface area contributed by atoms with Gasteiger partial charge < -0.3 is 0 Å². The van der Waals surface area contributed by atoms with Crippen LogP contribution in [0.4, 0.5) is 0 Å². The Hall–Kier alpha value is 2.00. The van der Waals surface area contributed by atoms with Gasteiger partial charge in [0, 0.05) is 0 Å². The first-order valence-electron chi connectivity index (χ1n) is 5.53. The van der Waals surface area contributed by atoms with Gasteiger partial charge in [-0.3, -0.25) is 0 Å². The van der Waals surface area contributed by atoms with Crippen LogP contribution in [-0.4, -0.2) is 41.5 Å². The molecule has 0 aliphatic heterocycles. The molecule has 1 aromatic rings. The van der Waals surface area contributed by atoms with E-state index in [1.165, 1.54) is 24.6 Å². The van der Waals surface area contributed by atoms with Crippen molar-refractivity contribution < 1.29 is 9.90 Å². The van der Waals surface area contributed by atoms with Gasteiger partial charge in [0.15, 0.2) is 0 Å². The number of carboxylic acid groups (broad SMARTS) is 1. The van der Waals surface area contributed by atoms with Crippen molar-refractivity contribution >= 4 is 108 Å². The summed E-state index contributed by atoms with van der Waals surface area (Å²) in [5, 5.41) is 8.86. The molecule has 0 atom stereocenters. The molecular formula is C12H14As2I3O2. The van der Waals surface area contributed by atoms with Gasteiger partial charge in [0.25, 0.3) is 0 Å². The zero-order valence-corrected chi connectivity index (χ0v) is 20.8. The van der Waals surface area contributed by atoms with E-state index in [0.717, 1.165) is 0 Å². The van der Waals surface area contributed by atoms with Crippen molar-refractivity contribution in [3.63, 3.8) is 0 Å². The van der Waals surface area contributed by atoms with Crippen molar-refractivity contribution in [2.45, 2.75) is 28.3 Å². The predicted octanol–water partition coefficient (Wildman–Crippen LogP) is 3.56. The first-order valence-corrected chi connectivity index (χ1v) is 16.1. The number of hydrogen-bond acceptors (Lipinski definition) is 1. The number of carboxylic acids is 1. The Morgan fingerprint density at radius 2 is 1.95 bits per heavy atom. The standard InChI is InChI=1S/C12H14As2I3O2/c1-14(2)6-13-11-9(16)5-8(15)7(12(11)17)3-4-10(18)19/h5H,3-4,6H2,1-2H3,(H,18,19). The molecule has 105 valence electrons. The zero-order chi connectivity index (χ0) is 14.6. The third-order valence-electron chi connectivity index (χ3n) is 2.34. The van der Waals surface area contributed by atoms with Crippen LogP contribution in [0.3, 0.4) is 0 Å². The monoisotopic (exact) mass is 721 g/mol. The molecule has 0 aromatic heterocycles. The van der Waals surface area contributed by atoms with Gasteiger partial charge in [0.05, 0.1) is 0 Å². The maximum absolute atomic E-state index is 10.8. The molecule has 1 rings (SSSR count). The van der Waals surface area contributed by atoms with E-state index >= 15 is 0 Å². The van der Waals surface area contributed by atoms with Crippen LogP contribution in [0.25, 0.3) is 0 Å². The summed E-state index contributed by atoms with van der Waals surface area (Å²) in [6.07, 6.45) is 0.874. The van der Waals surface area contributed by atoms with E-state index in [-0.39, 0.29) is 22.2 Å². The number of benzene rings is 1. The van der Waals surface area contributed by atoms with E-state index in [9.17, 15) is 4.79 Å². The quantitative estimate of drug-likeness (QED) is 0.361. The molecule has 0 heterocycles. The molecule has 0 aliphatic rings. The van der Waals surface area contributed by atoms with E-state index in [2.05, 4.69) is 85.3 Å². The Balaban J connectivity index is 3.03. The number of carbonyl (C=O) groups is 1. The van der Waals surface area contributed by atoms with Gasteiger partial charge in [-0.05, 0) is 0 Å². The fourth-order valence-corrected chi connectivity index (χ4v) is 13.7. The van der Waals surface area contributed by atoms with Gasteiger partial charge in [0.2, 0.25) is 0 Å². The molecule has 2 nitrogen and oxygen atoms in total. The molecule has 0 spiro atoms. The molecule has 7 heteroatoms. The molecule has 0 saturated heterocycles. The SMILES string of the molecule is C[As](C)C[As]c1c(I)cc(I)c(CCC(=O)O)c1I. The second-order valence-electron chi connectivity index (χ2n) is 4.25. The van der Waals surface area contributed by atoms with Crippen molar-refractivity contribution in [3.05, 3.63) is 22.3 Å². The molecule has 0 amide bonds. The van der Waals surface area contributed by atoms with Crippen LogP contribution in [0.5, 0.6) is 0 Å². The number of aliphatic carboxylic acids is 1. The first-order chi connectivity index (χ1) is 8.82. The minimum atomic E-state index is -0.713. The Bertz CT molecular complexity index is 479. The summed E-state index contributed by atoms with van der Waals surface area (Å²) in [6, 6.07) is 2.22. The van der Waals surface area contributed by atoms with E-state index in [4.69, 9.17) is 5.11 Å². The summed E-state index contributed by atoms with van der Waals surface area (Å²) < 4.78 is 6.82. The van der Waals surface area contributed by atoms with Crippen LogP contribution in [-0.2, 0) is 11.2 Å². The summed E-state index contributed by atoms with van der Waals surface area (Å²) in [7, 11) is 0. The average molecular weight is 721 g/mol. The summed E-state index contributed by atoms with van der Waals surface area (Å²) in [5.74, 6) is -0.713. The third kappa shape index (κ3) is 6.33. The summed E-state index contributed by atoms with van der Waals surface area (Å²) >= 11 is 6.86. The number of rotatable bonds is 6. The number of halogens is 3. The van der Waals surface area contributed by atoms with Gasteiger partial charge in [-0.25, -0.2) is 0 Å². The van der Waals surface area contributed by atoms with Crippen molar-refractivity contribution in [2.75, 3.05) is 0 Å². The van der Waals surface area contributed by atoms with E-state index in [0.29, 0.717) is 6.42 Å². The second kappa shape index (κ2) is 9.21. The predicted molar refractivity (Wildman–Crippen MR) is 108 cm³/mol. The van der Waals surface area contributed by atoms with Crippen molar-refractivity contribution in [2.24, 2.45) is 0 Å².